The van der Waals surface area contributed by atoms with Gasteiger partial charge in [-0.05, 0) is 11.9 Å². The molecule has 2 rings (SSSR count). The highest BCUT2D eigenvalue weighted by Gasteiger charge is 2.16. The van der Waals surface area contributed by atoms with Crippen LogP contribution in [0.15, 0.2) is 35.4 Å². The minimum absolute atomic E-state index is 0.558. The number of nitrogens with zero attached hydrogens (tertiary/aromatic N) is 1. The third-order valence-electron chi connectivity index (χ3n) is 1.96. The maximum atomic E-state index is 4.07. The van der Waals surface area contributed by atoms with E-state index < -0.39 is 0 Å². The molecule has 0 spiro atoms. The molecule has 0 aromatic heterocycles. The second kappa shape index (κ2) is 2.28. The lowest BCUT2D eigenvalue weighted by Crippen LogP contribution is -2.16. The second-order valence-corrected chi connectivity index (χ2v) is 2.65. The lowest BCUT2D eigenvalue weighted by Gasteiger charge is -2.19. The Hall–Kier alpha value is -1.07. The van der Waals surface area contributed by atoms with Crippen molar-refractivity contribution in [1.29, 1.82) is 0 Å². The molecule has 0 bridgehead atoms. The summed E-state index contributed by atoms with van der Waals surface area (Å²) in [6, 6.07) is 0. The van der Waals surface area contributed by atoms with Gasteiger partial charge in [-0.15, -0.1) is 0 Å². The Morgan fingerprint density at radius 2 is 2.20 bits per heavy atom. The van der Waals surface area contributed by atoms with E-state index in [2.05, 4.69) is 35.2 Å². The van der Waals surface area contributed by atoms with E-state index in [9.17, 15) is 0 Å². The molecule has 10 heavy (non-hydrogen) atoms. The lowest BCUT2D eigenvalue weighted by molar-refractivity contribution is 0.558. The molecule has 0 radical (unpaired) electrons. The van der Waals surface area contributed by atoms with Crippen molar-refractivity contribution >= 4 is 5.87 Å². The molecule has 2 unspecified atom stereocenters. The average molecular weight is 131 g/mol. The normalized spacial score (nSPS) is 34.4. The third-order valence-corrected chi connectivity index (χ3v) is 1.96. The van der Waals surface area contributed by atoms with Gasteiger partial charge in [0.25, 0.3) is 0 Å². The van der Waals surface area contributed by atoms with Crippen LogP contribution in [0.4, 0.5) is 0 Å². The van der Waals surface area contributed by atoms with Crippen LogP contribution in [0.2, 0.25) is 0 Å². The number of hydrogen-bond acceptors (Lipinski definition) is 1. The van der Waals surface area contributed by atoms with Crippen LogP contribution in [0.1, 0.15) is 0 Å². The summed E-state index contributed by atoms with van der Waals surface area (Å²) >= 11 is 0. The zero-order valence-corrected chi connectivity index (χ0v) is 5.70. The molecule has 50 valence electrons. The van der Waals surface area contributed by atoms with Gasteiger partial charge < -0.3 is 0 Å². The highest BCUT2D eigenvalue weighted by Crippen LogP contribution is 2.21. The molecule has 0 saturated carbocycles. The van der Waals surface area contributed by atoms with Crippen LogP contribution >= 0.6 is 0 Å². The first-order valence-electron chi connectivity index (χ1n) is 3.57. The van der Waals surface area contributed by atoms with Crippen molar-refractivity contribution in [3.63, 3.8) is 0 Å². The van der Waals surface area contributed by atoms with E-state index in [-0.39, 0.29) is 0 Å². The molecule has 0 amide bonds. The van der Waals surface area contributed by atoms with Crippen molar-refractivity contribution in [3.05, 3.63) is 30.4 Å². The molecule has 1 heteroatoms. The molecule has 0 aromatic rings. The van der Waals surface area contributed by atoms with Crippen LogP contribution in [0.5, 0.6) is 0 Å². The summed E-state index contributed by atoms with van der Waals surface area (Å²) in [5, 5.41) is 0. The molecular formula is C9H9N. The number of fused-ring (bicyclic) bond motifs is 1. The fraction of sp³-hybridized carbons (Fsp3) is 0.333. The van der Waals surface area contributed by atoms with Crippen molar-refractivity contribution in [2.24, 2.45) is 16.8 Å². The molecule has 1 heterocycles. The van der Waals surface area contributed by atoms with Crippen LogP contribution < -0.4 is 0 Å². The van der Waals surface area contributed by atoms with E-state index in [1.807, 2.05) is 6.08 Å². The maximum Gasteiger partial charge on any atom is 0.0555 e. The zero-order valence-electron chi connectivity index (χ0n) is 5.70. The lowest BCUT2D eigenvalue weighted by atomic mass is 9.88. The summed E-state index contributed by atoms with van der Waals surface area (Å²) in [5.41, 5.74) is 0. The van der Waals surface area contributed by atoms with E-state index in [0.717, 1.165) is 6.54 Å². The van der Waals surface area contributed by atoms with Crippen LogP contribution in [0, 0.1) is 11.8 Å². The summed E-state index contributed by atoms with van der Waals surface area (Å²) in [7, 11) is 0. The van der Waals surface area contributed by atoms with E-state index in [0.29, 0.717) is 11.8 Å². The monoisotopic (exact) mass is 131 g/mol. The summed E-state index contributed by atoms with van der Waals surface area (Å²) in [4.78, 5) is 4.07. The van der Waals surface area contributed by atoms with Gasteiger partial charge in [0, 0.05) is 11.8 Å². The maximum absolute atomic E-state index is 4.07. The molecular weight excluding hydrogens is 122 g/mol. The predicted octanol–water partition coefficient (Wildman–Crippen LogP) is 1.58. The fourth-order valence-corrected chi connectivity index (χ4v) is 1.33. The molecule has 1 aliphatic heterocycles. The number of allylic oxidation sites excluding steroid dienone is 4. The molecule has 0 fully saturated rings. The van der Waals surface area contributed by atoms with Gasteiger partial charge in [0.15, 0.2) is 0 Å². The van der Waals surface area contributed by atoms with E-state index in [1.54, 1.807) is 0 Å². The Labute approximate surface area is 60.5 Å². The molecule has 2 aliphatic rings. The molecule has 1 aliphatic carbocycles. The first-order valence-corrected chi connectivity index (χ1v) is 3.57. The fourth-order valence-electron chi connectivity index (χ4n) is 1.33. The van der Waals surface area contributed by atoms with Gasteiger partial charge in [-0.25, -0.2) is 4.99 Å². The van der Waals surface area contributed by atoms with Crippen molar-refractivity contribution in [2.75, 3.05) is 6.54 Å². The van der Waals surface area contributed by atoms with Crippen molar-refractivity contribution in [2.45, 2.75) is 0 Å². The van der Waals surface area contributed by atoms with Gasteiger partial charge in [-0.2, -0.15) is 0 Å². The van der Waals surface area contributed by atoms with Gasteiger partial charge in [0.05, 0.1) is 6.54 Å². The van der Waals surface area contributed by atoms with Crippen LogP contribution in [-0.4, -0.2) is 12.4 Å². The first-order chi connectivity index (χ1) is 4.97. The average Bonchev–Trinajstić information content (AvgIpc) is 2.05. The zero-order chi connectivity index (χ0) is 6.81. The van der Waals surface area contributed by atoms with Crippen molar-refractivity contribution in [1.82, 2.24) is 0 Å². The Bertz CT molecular complexity index is 241. The van der Waals surface area contributed by atoms with Gasteiger partial charge in [-0.1, -0.05) is 24.3 Å². The standard InChI is InChI=1S/C9H9N/c1-2-4-9-7-10-6-5-8(9)3-1/h1-5,8-9H,7H2. The Balaban J connectivity index is 2.29. The molecule has 0 saturated heterocycles. The summed E-state index contributed by atoms with van der Waals surface area (Å²) in [5.74, 6) is 4.06. The third kappa shape index (κ3) is 0.850. The topological polar surface area (TPSA) is 12.4 Å². The summed E-state index contributed by atoms with van der Waals surface area (Å²) in [6.07, 6.45) is 10.6. The largest absolute Gasteiger partial charge is 0.243 e. The molecule has 0 aromatic carbocycles. The molecule has 1 nitrogen and oxygen atoms in total. The Morgan fingerprint density at radius 3 is 3.10 bits per heavy atom. The van der Waals surface area contributed by atoms with Gasteiger partial charge in [-0.3, -0.25) is 0 Å². The minimum atomic E-state index is 0.558. The SMILES string of the molecule is C1=CC2C=CC=CC2CN=1. The second-order valence-electron chi connectivity index (χ2n) is 2.65. The van der Waals surface area contributed by atoms with Gasteiger partial charge >= 0.3 is 0 Å². The predicted molar refractivity (Wildman–Crippen MR) is 42.1 cm³/mol. The first kappa shape index (κ1) is 5.70. The quantitative estimate of drug-likeness (QED) is 0.473. The highest BCUT2D eigenvalue weighted by molar-refractivity contribution is 5.55. The van der Waals surface area contributed by atoms with Crippen LogP contribution in [0.3, 0.4) is 0 Å². The van der Waals surface area contributed by atoms with Crippen LogP contribution in [-0.2, 0) is 0 Å². The van der Waals surface area contributed by atoms with E-state index >= 15 is 0 Å². The minimum Gasteiger partial charge on any atom is -0.243 e. The number of rotatable bonds is 0. The Kier molecular flexibility index (Phi) is 1.30. The smallest absolute Gasteiger partial charge is 0.0555 e. The number of hydrogen-bond donors (Lipinski definition) is 0. The molecule has 2 atom stereocenters. The number of aliphatic imine (C=N–C) groups is 1. The van der Waals surface area contributed by atoms with E-state index in [4.69, 9.17) is 0 Å². The Morgan fingerprint density at radius 1 is 1.30 bits per heavy atom. The van der Waals surface area contributed by atoms with E-state index in [1.165, 1.54) is 0 Å². The highest BCUT2D eigenvalue weighted by atomic mass is 14.7. The van der Waals surface area contributed by atoms with Crippen LogP contribution in [0.25, 0.3) is 0 Å². The summed E-state index contributed by atoms with van der Waals surface area (Å²) in [6.45, 7) is 0.905. The van der Waals surface area contributed by atoms with Gasteiger partial charge in [0.1, 0.15) is 0 Å². The molecule has 0 N–H and O–H groups in total. The van der Waals surface area contributed by atoms with Crippen molar-refractivity contribution < 1.29 is 0 Å². The van der Waals surface area contributed by atoms with Crippen molar-refractivity contribution in [3.8, 4) is 0 Å². The summed E-state index contributed by atoms with van der Waals surface area (Å²) < 4.78 is 0. The van der Waals surface area contributed by atoms with Gasteiger partial charge in [0.2, 0.25) is 0 Å².